The van der Waals surface area contributed by atoms with Crippen LogP contribution in [0.5, 0.6) is 0 Å². The Balaban J connectivity index is 1.61. The molecular formula is C15H13N3O3S. The first kappa shape index (κ1) is 14.4. The maximum atomic E-state index is 11.8. The van der Waals surface area contributed by atoms with Crippen molar-refractivity contribution in [1.29, 1.82) is 0 Å². The number of nitro groups is 1. The second-order valence-electron chi connectivity index (χ2n) is 4.91. The number of non-ortho nitro benzene ring substituents is 1. The first-order valence-corrected chi connectivity index (χ1v) is 7.65. The van der Waals surface area contributed by atoms with Crippen molar-refractivity contribution in [3.8, 4) is 0 Å². The summed E-state index contributed by atoms with van der Waals surface area (Å²) in [7, 11) is 0. The predicted molar refractivity (Wildman–Crippen MR) is 84.9 cm³/mol. The van der Waals surface area contributed by atoms with E-state index in [9.17, 15) is 14.9 Å². The lowest BCUT2D eigenvalue weighted by molar-refractivity contribution is -0.384. The number of aryl methyl sites for hydroxylation is 2. The molecule has 1 aliphatic carbocycles. The van der Waals surface area contributed by atoms with E-state index in [-0.39, 0.29) is 11.6 Å². The third kappa shape index (κ3) is 3.20. The Hall–Kier alpha value is -2.54. The second kappa shape index (κ2) is 6.07. The summed E-state index contributed by atoms with van der Waals surface area (Å²) in [5.74, 6) is -0.259. The van der Waals surface area contributed by atoms with Gasteiger partial charge in [-0.2, -0.15) is 0 Å². The highest BCUT2D eigenvalue weighted by Crippen LogP contribution is 2.30. The van der Waals surface area contributed by atoms with Crippen LogP contribution in [0.2, 0.25) is 0 Å². The van der Waals surface area contributed by atoms with E-state index < -0.39 is 4.92 Å². The summed E-state index contributed by atoms with van der Waals surface area (Å²) in [5, 5.41) is 13.9. The van der Waals surface area contributed by atoms with Gasteiger partial charge in [-0.05, 0) is 43.0 Å². The van der Waals surface area contributed by atoms with Gasteiger partial charge in [0.2, 0.25) is 5.91 Å². The van der Waals surface area contributed by atoms with Gasteiger partial charge in [-0.3, -0.25) is 20.2 Å². The Labute approximate surface area is 130 Å². The lowest BCUT2D eigenvalue weighted by Gasteiger charge is -1.97. The molecule has 1 aromatic carbocycles. The Kier molecular flexibility index (Phi) is 3.97. The lowest BCUT2D eigenvalue weighted by atomic mass is 10.2. The molecule has 1 heterocycles. The fourth-order valence-electron chi connectivity index (χ4n) is 2.27. The highest BCUT2D eigenvalue weighted by Gasteiger charge is 2.17. The maximum Gasteiger partial charge on any atom is 0.269 e. The summed E-state index contributed by atoms with van der Waals surface area (Å²) in [4.78, 5) is 27.6. The van der Waals surface area contributed by atoms with E-state index in [4.69, 9.17) is 0 Å². The number of hydrogen-bond donors (Lipinski definition) is 1. The third-order valence-electron chi connectivity index (χ3n) is 3.36. The summed E-state index contributed by atoms with van der Waals surface area (Å²) >= 11 is 1.53. The van der Waals surface area contributed by atoms with Crippen LogP contribution in [0.15, 0.2) is 30.3 Å². The molecule has 1 N–H and O–H groups in total. The van der Waals surface area contributed by atoms with Crippen LogP contribution in [-0.4, -0.2) is 15.8 Å². The van der Waals surface area contributed by atoms with Crippen LogP contribution < -0.4 is 5.32 Å². The second-order valence-corrected chi connectivity index (χ2v) is 6.00. The van der Waals surface area contributed by atoms with Gasteiger partial charge in [-0.25, -0.2) is 4.98 Å². The number of anilines is 1. The number of aromatic nitrogens is 1. The number of thiazole rings is 1. The average molecular weight is 315 g/mol. The molecule has 1 amide bonds. The Morgan fingerprint density at radius 3 is 2.77 bits per heavy atom. The fraction of sp³-hybridized carbons (Fsp3) is 0.200. The zero-order valence-corrected chi connectivity index (χ0v) is 12.4. The van der Waals surface area contributed by atoms with E-state index in [2.05, 4.69) is 10.3 Å². The number of hydrogen-bond acceptors (Lipinski definition) is 5. The molecule has 2 aromatic rings. The van der Waals surface area contributed by atoms with E-state index >= 15 is 0 Å². The van der Waals surface area contributed by atoms with Gasteiger partial charge in [0.15, 0.2) is 5.13 Å². The topological polar surface area (TPSA) is 85.1 Å². The summed E-state index contributed by atoms with van der Waals surface area (Å²) < 4.78 is 0. The van der Waals surface area contributed by atoms with Crippen LogP contribution in [0.4, 0.5) is 10.8 Å². The first-order chi connectivity index (χ1) is 10.6. The molecule has 0 aliphatic heterocycles. The van der Waals surface area contributed by atoms with E-state index in [1.807, 2.05) is 0 Å². The van der Waals surface area contributed by atoms with Crippen molar-refractivity contribution >= 4 is 34.1 Å². The number of nitro benzene ring substituents is 1. The van der Waals surface area contributed by atoms with Gasteiger partial charge in [-0.1, -0.05) is 0 Å². The minimum absolute atomic E-state index is 0.0268. The molecule has 0 fully saturated rings. The van der Waals surface area contributed by atoms with Gasteiger partial charge in [0.05, 0.1) is 10.6 Å². The quantitative estimate of drug-likeness (QED) is 0.533. The number of nitrogens with zero attached hydrogens (tertiary/aromatic N) is 2. The highest BCUT2D eigenvalue weighted by molar-refractivity contribution is 7.15. The summed E-state index contributed by atoms with van der Waals surface area (Å²) in [5.41, 5.74) is 1.85. The standard InChI is InChI=1S/C15H13N3O3S/c19-14(17-15-16-12-2-1-3-13(12)22-15)9-6-10-4-7-11(8-5-10)18(20)21/h4-9H,1-3H2,(H,16,17,19)/b9-6+. The Bertz CT molecular complexity index is 728. The van der Waals surface area contributed by atoms with Crippen molar-refractivity contribution in [3.63, 3.8) is 0 Å². The fourth-order valence-corrected chi connectivity index (χ4v) is 3.32. The van der Waals surface area contributed by atoms with E-state index in [1.54, 1.807) is 18.2 Å². The number of carbonyl (C=O) groups is 1. The average Bonchev–Trinajstić information content (AvgIpc) is 3.06. The summed E-state index contributed by atoms with van der Waals surface area (Å²) in [6, 6.07) is 6.01. The van der Waals surface area contributed by atoms with E-state index in [0.717, 1.165) is 30.5 Å². The summed E-state index contributed by atoms with van der Waals surface area (Å²) in [6.07, 6.45) is 6.18. The van der Waals surface area contributed by atoms with Crippen molar-refractivity contribution in [2.45, 2.75) is 19.3 Å². The molecule has 0 saturated carbocycles. The van der Waals surface area contributed by atoms with Crippen LogP contribution in [0.25, 0.3) is 6.08 Å². The molecular weight excluding hydrogens is 302 g/mol. The molecule has 1 aromatic heterocycles. The number of amides is 1. The van der Waals surface area contributed by atoms with E-state index in [1.165, 1.54) is 34.4 Å². The number of nitrogens with one attached hydrogen (secondary N) is 1. The first-order valence-electron chi connectivity index (χ1n) is 6.84. The third-order valence-corrected chi connectivity index (χ3v) is 4.43. The summed E-state index contributed by atoms with van der Waals surface area (Å²) in [6.45, 7) is 0. The molecule has 0 unspecified atom stereocenters. The molecule has 1 aliphatic rings. The van der Waals surface area contributed by atoms with Crippen LogP contribution in [0.1, 0.15) is 22.6 Å². The predicted octanol–water partition coefficient (Wildman–Crippen LogP) is 3.19. The molecule has 0 bridgehead atoms. The molecule has 0 saturated heterocycles. The molecule has 7 heteroatoms. The van der Waals surface area contributed by atoms with Gasteiger partial charge in [0.25, 0.3) is 5.69 Å². The number of carbonyl (C=O) groups excluding carboxylic acids is 1. The minimum Gasteiger partial charge on any atom is -0.298 e. The van der Waals surface area contributed by atoms with Crippen LogP contribution in [0, 0.1) is 10.1 Å². The van der Waals surface area contributed by atoms with Crippen molar-refractivity contribution in [2.24, 2.45) is 0 Å². The van der Waals surface area contributed by atoms with Gasteiger partial charge in [-0.15, -0.1) is 11.3 Å². The van der Waals surface area contributed by atoms with Gasteiger partial charge < -0.3 is 0 Å². The molecule has 22 heavy (non-hydrogen) atoms. The monoisotopic (exact) mass is 315 g/mol. The number of benzene rings is 1. The van der Waals surface area contributed by atoms with Crippen LogP contribution >= 0.6 is 11.3 Å². The smallest absolute Gasteiger partial charge is 0.269 e. The van der Waals surface area contributed by atoms with Crippen molar-refractivity contribution in [3.05, 3.63) is 56.6 Å². The molecule has 0 atom stereocenters. The van der Waals surface area contributed by atoms with Gasteiger partial charge in [0, 0.05) is 23.1 Å². The SMILES string of the molecule is O=C(/C=C/c1ccc([N+](=O)[O-])cc1)Nc1nc2c(s1)CCC2. The normalized spacial score (nSPS) is 13.3. The number of rotatable bonds is 4. The minimum atomic E-state index is -0.456. The molecule has 0 spiro atoms. The van der Waals surface area contributed by atoms with Crippen molar-refractivity contribution < 1.29 is 9.72 Å². The lowest BCUT2D eigenvalue weighted by Crippen LogP contribution is -2.07. The van der Waals surface area contributed by atoms with E-state index in [0.29, 0.717) is 5.13 Å². The van der Waals surface area contributed by atoms with Gasteiger partial charge in [0.1, 0.15) is 0 Å². The van der Waals surface area contributed by atoms with Crippen LogP contribution in [0.3, 0.4) is 0 Å². The van der Waals surface area contributed by atoms with Crippen LogP contribution in [-0.2, 0) is 17.6 Å². The molecule has 0 radical (unpaired) electrons. The van der Waals surface area contributed by atoms with Crippen molar-refractivity contribution in [1.82, 2.24) is 4.98 Å². The molecule has 112 valence electrons. The zero-order chi connectivity index (χ0) is 15.5. The maximum absolute atomic E-state index is 11.8. The Morgan fingerprint density at radius 1 is 1.32 bits per heavy atom. The molecule has 3 rings (SSSR count). The van der Waals surface area contributed by atoms with Crippen molar-refractivity contribution in [2.75, 3.05) is 5.32 Å². The van der Waals surface area contributed by atoms with Gasteiger partial charge >= 0.3 is 0 Å². The molecule has 6 nitrogen and oxygen atoms in total. The largest absolute Gasteiger partial charge is 0.298 e. The zero-order valence-electron chi connectivity index (χ0n) is 11.6. The Morgan fingerprint density at radius 2 is 2.09 bits per heavy atom. The highest BCUT2D eigenvalue weighted by atomic mass is 32.1. The number of fused-ring (bicyclic) bond motifs is 1.